The van der Waals surface area contributed by atoms with E-state index in [1.54, 1.807) is 0 Å². The van der Waals surface area contributed by atoms with Crippen molar-refractivity contribution >= 4 is 17.1 Å². The fourth-order valence-corrected chi connectivity index (χ4v) is 10.0. The van der Waals surface area contributed by atoms with Crippen LogP contribution in [0.15, 0.2) is 225 Å². The summed E-state index contributed by atoms with van der Waals surface area (Å²) in [6.45, 7) is 0. The molecule has 3 aliphatic heterocycles. The first-order valence-corrected chi connectivity index (χ1v) is 19.8. The highest BCUT2D eigenvalue weighted by atomic mass is 15.2. The summed E-state index contributed by atoms with van der Waals surface area (Å²) < 4.78 is 0. The van der Waals surface area contributed by atoms with Gasteiger partial charge in [-0.2, -0.15) is 0 Å². The quantitative estimate of drug-likeness (QED) is 0.185. The zero-order chi connectivity index (χ0) is 37.8. The normalized spacial score (nSPS) is 16.5. The van der Waals surface area contributed by atoms with Crippen LogP contribution < -0.4 is 10.2 Å². The van der Waals surface area contributed by atoms with Crippen molar-refractivity contribution in [3.05, 3.63) is 275 Å². The lowest BCUT2D eigenvalue weighted by molar-refractivity contribution is 0.687. The van der Waals surface area contributed by atoms with Gasteiger partial charge in [-0.1, -0.05) is 182 Å². The SMILES string of the molecule is C1=CNC(c2ccc3c(c2)N2c4cc(-c5ccccn5)ccc4C(c4ccccc4)(c4ccccc4)c4cccc(c42)C3(c2ccccc2)c2ccccc2)C=C1. The summed E-state index contributed by atoms with van der Waals surface area (Å²) in [4.78, 5) is 7.44. The molecule has 0 saturated carbocycles. The molecule has 1 N–H and O–H groups in total. The maximum absolute atomic E-state index is 4.86. The van der Waals surface area contributed by atoms with Gasteiger partial charge >= 0.3 is 0 Å². The molecule has 0 spiro atoms. The highest BCUT2D eigenvalue weighted by Gasteiger charge is 2.54. The van der Waals surface area contributed by atoms with Gasteiger partial charge in [-0.25, -0.2) is 0 Å². The Morgan fingerprint density at radius 2 is 0.982 bits per heavy atom. The molecule has 0 bridgehead atoms. The molecule has 11 rings (SSSR count). The lowest BCUT2D eigenvalue weighted by Gasteiger charge is -2.53. The summed E-state index contributed by atoms with van der Waals surface area (Å²) >= 11 is 0. The molecule has 7 aromatic carbocycles. The van der Waals surface area contributed by atoms with Gasteiger partial charge in [-0.3, -0.25) is 4.98 Å². The number of aromatic nitrogens is 1. The summed E-state index contributed by atoms with van der Waals surface area (Å²) in [7, 11) is 0. The number of para-hydroxylation sites is 1. The molecule has 0 saturated heterocycles. The van der Waals surface area contributed by atoms with Crippen molar-refractivity contribution in [2.45, 2.75) is 16.9 Å². The Morgan fingerprint density at radius 1 is 0.456 bits per heavy atom. The van der Waals surface area contributed by atoms with Crippen LogP contribution in [0.2, 0.25) is 0 Å². The Balaban J connectivity index is 1.34. The molecule has 270 valence electrons. The highest BCUT2D eigenvalue weighted by molar-refractivity contribution is 5.98. The first-order valence-electron chi connectivity index (χ1n) is 19.8. The van der Waals surface area contributed by atoms with Crippen molar-refractivity contribution in [1.82, 2.24) is 10.3 Å². The minimum Gasteiger partial charge on any atom is -0.381 e. The van der Waals surface area contributed by atoms with Crippen molar-refractivity contribution in [2.24, 2.45) is 0 Å². The van der Waals surface area contributed by atoms with E-state index in [0.717, 1.165) is 16.9 Å². The van der Waals surface area contributed by atoms with Crippen molar-refractivity contribution in [3.8, 4) is 11.3 Å². The molecule has 1 unspecified atom stereocenters. The first kappa shape index (κ1) is 33.1. The van der Waals surface area contributed by atoms with Gasteiger partial charge in [0.25, 0.3) is 0 Å². The molecule has 1 atom stereocenters. The van der Waals surface area contributed by atoms with Gasteiger partial charge in [-0.15, -0.1) is 0 Å². The lowest BCUT2D eigenvalue weighted by Crippen LogP contribution is -2.44. The van der Waals surface area contributed by atoms with Crippen LogP contribution in [0, 0.1) is 0 Å². The number of hydrogen-bond donors (Lipinski definition) is 1. The predicted octanol–water partition coefficient (Wildman–Crippen LogP) is 12.3. The van der Waals surface area contributed by atoms with Crippen molar-refractivity contribution < 1.29 is 0 Å². The van der Waals surface area contributed by atoms with Crippen LogP contribution in [0.4, 0.5) is 17.1 Å². The van der Waals surface area contributed by atoms with E-state index in [9.17, 15) is 0 Å². The zero-order valence-corrected chi connectivity index (χ0v) is 31.3. The maximum Gasteiger partial charge on any atom is 0.0742 e. The molecule has 0 amide bonds. The molecule has 3 nitrogen and oxygen atoms in total. The Hall–Kier alpha value is -7.23. The number of benzene rings is 7. The van der Waals surface area contributed by atoms with E-state index in [1.807, 2.05) is 18.5 Å². The van der Waals surface area contributed by atoms with E-state index in [0.29, 0.717) is 0 Å². The number of pyridine rings is 1. The van der Waals surface area contributed by atoms with Gasteiger partial charge in [0.15, 0.2) is 0 Å². The Kier molecular flexibility index (Phi) is 7.68. The summed E-state index contributed by atoms with van der Waals surface area (Å²) in [6, 6.07) is 71.9. The minimum absolute atomic E-state index is 0.0385. The van der Waals surface area contributed by atoms with Gasteiger partial charge in [-0.05, 0) is 86.6 Å². The molecule has 0 radical (unpaired) electrons. The Labute approximate surface area is 334 Å². The third kappa shape index (κ3) is 4.82. The highest BCUT2D eigenvalue weighted by Crippen LogP contribution is 2.66. The summed E-state index contributed by atoms with van der Waals surface area (Å²) in [6.07, 6.45) is 10.4. The average molecular weight is 730 g/mol. The molecule has 8 aromatic rings. The topological polar surface area (TPSA) is 28.2 Å². The van der Waals surface area contributed by atoms with Crippen molar-refractivity contribution in [2.75, 3.05) is 4.90 Å². The van der Waals surface area contributed by atoms with E-state index < -0.39 is 10.8 Å². The molecule has 1 aromatic heterocycles. The van der Waals surface area contributed by atoms with Gasteiger partial charge < -0.3 is 10.2 Å². The molecule has 3 aliphatic rings. The molecule has 0 aliphatic carbocycles. The second kappa shape index (κ2) is 13.2. The molecular formula is C54H39N3. The predicted molar refractivity (Wildman–Crippen MR) is 232 cm³/mol. The number of fused-ring (bicyclic) bond motifs is 4. The third-order valence-electron chi connectivity index (χ3n) is 12.3. The van der Waals surface area contributed by atoms with Gasteiger partial charge in [0.1, 0.15) is 0 Å². The minimum atomic E-state index is -0.644. The molecule has 0 fully saturated rings. The Bertz CT molecular complexity index is 2720. The zero-order valence-electron chi connectivity index (χ0n) is 31.3. The van der Waals surface area contributed by atoms with Crippen molar-refractivity contribution in [3.63, 3.8) is 0 Å². The fraction of sp³-hybridized carbons (Fsp3) is 0.0556. The summed E-state index contributed by atoms with van der Waals surface area (Å²) in [5.74, 6) is 0. The number of nitrogens with one attached hydrogen (secondary N) is 1. The Morgan fingerprint density at radius 3 is 1.49 bits per heavy atom. The van der Waals surface area contributed by atoms with Crippen LogP contribution in [0.1, 0.15) is 56.1 Å². The van der Waals surface area contributed by atoms with Crippen LogP contribution in [0.3, 0.4) is 0 Å². The average Bonchev–Trinajstić information content (AvgIpc) is 3.30. The lowest BCUT2D eigenvalue weighted by atomic mass is 9.57. The number of anilines is 3. The third-order valence-corrected chi connectivity index (χ3v) is 12.3. The van der Waals surface area contributed by atoms with Gasteiger partial charge in [0, 0.05) is 11.8 Å². The van der Waals surface area contributed by atoms with Gasteiger partial charge in [0.2, 0.25) is 0 Å². The number of allylic oxidation sites excluding steroid dienone is 2. The molecular weight excluding hydrogens is 691 g/mol. The van der Waals surface area contributed by atoms with E-state index in [1.165, 1.54) is 61.4 Å². The second-order valence-corrected chi connectivity index (χ2v) is 15.1. The van der Waals surface area contributed by atoms with E-state index in [2.05, 4.69) is 217 Å². The summed E-state index contributed by atoms with van der Waals surface area (Å²) in [5.41, 5.74) is 15.4. The summed E-state index contributed by atoms with van der Waals surface area (Å²) in [5, 5.41) is 3.62. The van der Waals surface area contributed by atoms with Crippen LogP contribution >= 0.6 is 0 Å². The first-order chi connectivity index (χ1) is 28.3. The number of nitrogens with zero attached hydrogens (tertiary/aromatic N) is 2. The second-order valence-electron chi connectivity index (χ2n) is 15.1. The fourth-order valence-electron chi connectivity index (χ4n) is 10.0. The van der Waals surface area contributed by atoms with Crippen LogP contribution in [-0.2, 0) is 10.8 Å². The van der Waals surface area contributed by atoms with Crippen molar-refractivity contribution in [1.29, 1.82) is 0 Å². The van der Waals surface area contributed by atoms with Crippen LogP contribution in [0.25, 0.3) is 11.3 Å². The molecule has 4 heterocycles. The monoisotopic (exact) mass is 729 g/mol. The molecule has 3 heteroatoms. The van der Waals surface area contributed by atoms with Gasteiger partial charge in [0.05, 0.1) is 39.6 Å². The smallest absolute Gasteiger partial charge is 0.0742 e. The number of rotatable bonds is 6. The standard InChI is InChI=1S/C54H39N3/c1-5-18-40(19-6-1)53(41-20-7-2-8-21-41)44-32-30-38(48-28-13-15-34-55-48)36-50(44)57-51-37-39(49-29-14-16-35-56-49)31-33-45(51)54(42-22-9-3-10-23-42,43-24-11-4-12-25-43)47-27-17-26-46(53)52(47)57/h1-37,48,55H. The van der Waals surface area contributed by atoms with Crippen LogP contribution in [-0.4, -0.2) is 4.98 Å². The van der Waals surface area contributed by atoms with Crippen LogP contribution in [0.5, 0.6) is 0 Å². The van der Waals surface area contributed by atoms with E-state index in [4.69, 9.17) is 4.98 Å². The maximum atomic E-state index is 4.86. The van der Waals surface area contributed by atoms with E-state index in [-0.39, 0.29) is 6.04 Å². The molecule has 57 heavy (non-hydrogen) atoms. The number of dihydropyridines is 1. The number of hydrogen-bond acceptors (Lipinski definition) is 3. The largest absolute Gasteiger partial charge is 0.381 e. The van der Waals surface area contributed by atoms with E-state index >= 15 is 0 Å².